The van der Waals surface area contributed by atoms with E-state index in [4.69, 9.17) is 9.84 Å². The summed E-state index contributed by atoms with van der Waals surface area (Å²) in [6.07, 6.45) is -0.812. The number of nitrogens with zero attached hydrogens (tertiary/aromatic N) is 6. The molecule has 2 fully saturated rings. The second kappa shape index (κ2) is 11.4. The Bertz CT molecular complexity index is 1790. The molecule has 3 aliphatic rings. The molecule has 3 aliphatic heterocycles. The Labute approximate surface area is 258 Å². The van der Waals surface area contributed by atoms with E-state index < -0.39 is 29.8 Å². The van der Waals surface area contributed by atoms with Gasteiger partial charge in [0.1, 0.15) is 23.5 Å². The second-order valence-corrected chi connectivity index (χ2v) is 12.0. The number of benzene rings is 2. The van der Waals surface area contributed by atoms with Crippen molar-refractivity contribution in [2.24, 2.45) is 5.92 Å². The molecule has 3 unspecified atom stereocenters. The van der Waals surface area contributed by atoms with Gasteiger partial charge in [-0.2, -0.15) is 9.61 Å². The number of amides is 1. The predicted octanol–water partition coefficient (Wildman–Crippen LogP) is 4.90. The molecular weight excluding hydrogens is 582 g/mol. The van der Waals surface area contributed by atoms with Crippen LogP contribution in [0.1, 0.15) is 54.1 Å². The van der Waals surface area contributed by atoms with Crippen molar-refractivity contribution in [3.63, 3.8) is 0 Å². The first-order chi connectivity index (χ1) is 21.7. The van der Waals surface area contributed by atoms with Gasteiger partial charge < -0.3 is 24.5 Å². The molecule has 12 heteroatoms. The van der Waals surface area contributed by atoms with E-state index in [-0.39, 0.29) is 29.9 Å². The van der Waals surface area contributed by atoms with Gasteiger partial charge in [0, 0.05) is 49.1 Å². The highest BCUT2D eigenvalue weighted by molar-refractivity contribution is 5.94. The third kappa shape index (κ3) is 5.06. The number of aromatic nitrogens is 3. The van der Waals surface area contributed by atoms with Crippen molar-refractivity contribution in [3.8, 4) is 11.3 Å². The highest BCUT2D eigenvalue weighted by Gasteiger charge is 2.37. The number of halogens is 2. The van der Waals surface area contributed by atoms with Crippen molar-refractivity contribution in [1.29, 1.82) is 0 Å². The summed E-state index contributed by atoms with van der Waals surface area (Å²) < 4.78 is 38.0. The third-order valence-corrected chi connectivity index (χ3v) is 9.46. The normalized spacial score (nSPS) is 23.4. The fourth-order valence-electron chi connectivity index (χ4n) is 6.92. The van der Waals surface area contributed by atoms with E-state index in [0.29, 0.717) is 67.7 Å². The summed E-state index contributed by atoms with van der Waals surface area (Å²) in [5.74, 6) is -1.64. The maximum absolute atomic E-state index is 15.7. The minimum absolute atomic E-state index is 0.0817. The van der Waals surface area contributed by atoms with Crippen molar-refractivity contribution >= 4 is 29.0 Å². The van der Waals surface area contributed by atoms with Gasteiger partial charge in [0.2, 0.25) is 0 Å². The summed E-state index contributed by atoms with van der Waals surface area (Å²) in [5, 5.41) is 14.2. The number of hydrogen-bond donors (Lipinski definition) is 1. The van der Waals surface area contributed by atoms with Gasteiger partial charge >= 0.3 is 5.97 Å². The van der Waals surface area contributed by atoms with Crippen molar-refractivity contribution < 1.29 is 28.2 Å². The minimum Gasteiger partial charge on any atom is -0.481 e. The molecule has 1 amide bonds. The molecule has 0 saturated carbocycles. The van der Waals surface area contributed by atoms with Crippen LogP contribution in [0.25, 0.3) is 16.9 Å². The van der Waals surface area contributed by atoms with Gasteiger partial charge in [-0.05, 0) is 49.6 Å². The van der Waals surface area contributed by atoms with Gasteiger partial charge in [-0.3, -0.25) is 9.59 Å². The van der Waals surface area contributed by atoms with Crippen molar-refractivity contribution in [3.05, 3.63) is 77.2 Å². The first kappa shape index (κ1) is 29.1. The summed E-state index contributed by atoms with van der Waals surface area (Å²) >= 11 is 0. The van der Waals surface area contributed by atoms with E-state index in [2.05, 4.69) is 4.98 Å². The molecule has 1 N–H and O–H groups in total. The van der Waals surface area contributed by atoms with Crippen LogP contribution in [0.4, 0.5) is 20.3 Å². The number of hydrogen-bond acceptors (Lipinski definition) is 7. The maximum Gasteiger partial charge on any atom is 0.308 e. The molecule has 4 atom stereocenters. The molecule has 7 rings (SSSR count). The first-order valence-electron chi connectivity index (χ1n) is 15.3. The van der Waals surface area contributed by atoms with E-state index in [1.807, 2.05) is 35.8 Å². The van der Waals surface area contributed by atoms with Crippen LogP contribution in [0.5, 0.6) is 0 Å². The van der Waals surface area contributed by atoms with Crippen LogP contribution in [0.3, 0.4) is 0 Å². The number of alkyl halides is 1. The molecular formula is C33H34F2N6O4. The smallest absolute Gasteiger partial charge is 0.308 e. The summed E-state index contributed by atoms with van der Waals surface area (Å²) in [6, 6.07) is 14.8. The summed E-state index contributed by atoms with van der Waals surface area (Å²) in [6.45, 7) is 6.30. The van der Waals surface area contributed by atoms with Crippen LogP contribution in [0.2, 0.25) is 0 Å². The lowest BCUT2D eigenvalue weighted by Gasteiger charge is -2.37. The van der Waals surface area contributed by atoms with Crippen LogP contribution in [0.15, 0.2) is 54.6 Å². The zero-order valence-electron chi connectivity index (χ0n) is 25.1. The van der Waals surface area contributed by atoms with Gasteiger partial charge in [-0.25, -0.2) is 13.8 Å². The fraction of sp³-hybridized carbons (Fsp3) is 0.394. The number of rotatable bonds is 5. The van der Waals surface area contributed by atoms with Crippen LogP contribution >= 0.6 is 0 Å². The fourth-order valence-corrected chi connectivity index (χ4v) is 6.92. The molecule has 2 aromatic heterocycles. The van der Waals surface area contributed by atoms with E-state index >= 15 is 8.78 Å². The maximum atomic E-state index is 15.7. The number of carbonyl (C=O) groups is 2. The van der Waals surface area contributed by atoms with E-state index in [9.17, 15) is 14.7 Å². The number of carboxylic acid groups (broad SMARTS) is 1. The molecule has 45 heavy (non-hydrogen) atoms. The van der Waals surface area contributed by atoms with Gasteiger partial charge in [0.15, 0.2) is 5.65 Å². The molecule has 2 aromatic carbocycles. The van der Waals surface area contributed by atoms with Gasteiger partial charge in [-0.15, -0.1) is 0 Å². The quantitative estimate of drug-likeness (QED) is 0.338. The number of aliphatic carboxylic acids is 1. The lowest BCUT2D eigenvalue weighted by atomic mass is 9.92. The van der Waals surface area contributed by atoms with E-state index in [0.717, 1.165) is 5.56 Å². The Hall–Kier alpha value is -4.58. The number of fused-ring (bicyclic) bond motifs is 2. The highest BCUT2D eigenvalue weighted by Crippen LogP contribution is 2.38. The van der Waals surface area contributed by atoms with Gasteiger partial charge in [0.25, 0.3) is 5.91 Å². The Balaban J connectivity index is 1.25. The molecule has 234 valence electrons. The molecule has 0 bridgehead atoms. The van der Waals surface area contributed by atoms with Crippen LogP contribution in [0, 0.1) is 11.7 Å². The minimum atomic E-state index is -1.31. The first-order valence-corrected chi connectivity index (χ1v) is 15.3. The largest absolute Gasteiger partial charge is 0.481 e. The zero-order valence-corrected chi connectivity index (χ0v) is 25.1. The summed E-state index contributed by atoms with van der Waals surface area (Å²) in [4.78, 5) is 35.7. The van der Waals surface area contributed by atoms with Crippen LogP contribution in [-0.4, -0.2) is 81.9 Å². The number of anilines is 2. The number of carboxylic acids is 1. The molecule has 0 spiro atoms. The van der Waals surface area contributed by atoms with Crippen molar-refractivity contribution in [2.45, 2.75) is 38.5 Å². The van der Waals surface area contributed by atoms with Crippen LogP contribution in [-0.2, 0) is 9.53 Å². The Kier molecular flexibility index (Phi) is 7.39. The second-order valence-electron chi connectivity index (χ2n) is 12.0. The van der Waals surface area contributed by atoms with Crippen LogP contribution < -0.4 is 9.80 Å². The zero-order chi connectivity index (χ0) is 31.4. The number of morpholine rings is 1. The molecule has 2 saturated heterocycles. The SMILES string of the molecule is CC1C(C(=O)O)CCN1c1ccc(-c2cc3nc(C(=O)N4CC(F)c5ccccc5[C@H]4C)cc(N4CCOCC4)n3n2)c(F)c1. The lowest BCUT2D eigenvalue weighted by Crippen LogP contribution is -2.41. The standard InChI is InChI=1S/C33H34F2N6O4/c1-19-22-5-3-4-6-24(22)27(35)18-40(19)32(42)29-17-31(38-11-13-45-14-12-38)41-30(36-29)16-28(37-41)25-8-7-21(15-26(25)34)39-10-9-23(20(39)2)33(43)44/h3-8,15-17,19-20,23,27H,9-14,18H2,1-2H3,(H,43,44)/t19-,20?,23?,27?/m1/s1. The van der Waals surface area contributed by atoms with Crippen molar-refractivity contribution in [1.82, 2.24) is 19.5 Å². The third-order valence-electron chi connectivity index (χ3n) is 9.46. The highest BCUT2D eigenvalue weighted by atomic mass is 19.1. The van der Waals surface area contributed by atoms with Gasteiger partial charge in [-0.1, -0.05) is 24.3 Å². The van der Waals surface area contributed by atoms with E-state index in [1.165, 1.54) is 11.0 Å². The van der Waals surface area contributed by atoms with Gasteiger partial charge in [0.05, 0.1) is 37.4 Å². The molecule has 0 aliphatic carbocycles. The summed E-state index contributed by atoms with van der Waals surface area (Å²) in [7, 11) is 0. The molecule has 5 heterocycles. The Morgan fingerprint density at radius 3 is 2.47 bits per heavy atom. The Morgan fingerprint density at radius 2 is 1.76 bits per heavy atom. The average molecular weight is 617 g/mol. The molecule has 4 aromatic rings. The van der Waals surface area contributed by atoms with E-state index in [1.54, 1.807) is 40.9 Å². The average Bonchev–Trinajstić information content (AvgIpc) is 3.66. The number of ether oxygens (including phenoxy) is 1. The molecule has 10 nitrogen and oxygen atoms in total. The summed E-state index contributed by atoms with van der Waals surface area (Å²) in [5.41, 5.74) is 3.09. The lowest BCUT2D eigenvalue weighted by molar-refractivity contribution is -0.141. The Morgan fingerprint density at radius 1 is 1.00 bits per heavy atom. The molecule has 0 radical (unpaired) electrons. The topological polar surface area (TPSA) is 104 Å². The predicted molar refractivity (Wildman–Crippen MR) is 164 cm³/mol. The van der Waals surface area contributed by atoms with Crippen molar-refractivity contribution in [2.75, 3.05) is 49.2 Å². The monoisotopic (exact) mass is 616 g/mol. The number of carbonyl (C=O) groups excluding carboxylic acids is 1.